The van der Waals surface area contributed by atoms with E-state index in [1.165, 1.54) is 5.57 Å². The molecule has 0 saturated heterocycles. The molecule has 1 N–H and O–H groups in total. The quantitative estimate of drug-likeness (QED) is 0.842. The Morgan fingerprint density at radius 3 is 2.58 bits per heavy atom. The van der Waals surface area contributed by atoms with E-state index in [9.17, 15) is 4.79 Å². The molecule has 0 aliphatic heterocycles. The van der Waals surface area contributed by atoms with Gasteiger partial charge in [-0.15, -0.1) is 0 Å². The Hall–Kier alpha value is -1.64. The van der Waals surface area contributed by atoms with Crippen LogP contribution >= 0.6 is 0 Å². The van der Waals surface area contributed by atoms with Gasteiger partial charge >= 0.3 is 0 Å². The van der Waals surface area contributed by atoms with Gasteiger partial charge in [0.2, 0.25) is 5.91 Å². The molecule has 1 saturated carbocycles. The van der Waals surface area contributed by atoms with Crippen molar-refractivity contribution >= 4 is 11.7 Å². The molecule has 3 nitrogen and oxygen atoms in total. The summed E-state index contributed by atoms with van der Waals surface area (Å²) < 4.78 is 0. The van der Waals surface area contributed by atoms with E-state index >= 15 is 0 Å². The van der Waals surface area contributed by atoms with E-state index in [0.717, 1.165) is 5.56 Å². The molecule has 102 valence electrons. The maximum atomic E-state index is 12.3. The van der Waals surface area contributed by atoms with Crippen molar-refractivity contribution in [2.24, 2.45) is 17.3 Å². The van der Waals surface area contributed by atoms with Gasteiger partial charge in [0.1, 0.15) is 5.82 Å². The number of hydrogen-bond donors (Lipinski definition) is 1. The molecule has 3 heteroatoms. The molecule has 0 aromatic carbocycles. The highest BCUT2D eigenvalue weighted by molar-refractivity contribution is 5.95. The van der Waals surface area contributed by atoms with Gasteiger partial charge < -0.3 is 5.32 Å². The Kier molecular flexibility index (Phi) is 3.48. The fourth-order valence-electron chi connectivity index (χ4n) is 2.59. The molecule has 19 heavy (non-hydrogen) atoms. The minimum Gasteiger partial charge on any atom is -0.310 e. The normalized spacial score (nSPS) is 23.6. The van der Waals surface area contributed by atoms with E-state index < -0.39 is 0 Å². The van der Waals surface area contributed by atoms with Crippen LogP contribution in [-0.4, -0.2) is 10.9 Å². The summed E-state index contributed by atoms with van der Waals surface area (Å²) in [7, 11) is 0. The van der Waals surface area contributed by atoms with Crippen LogP contribution in [0.4, 0.5) is 5.82 Å². The van der Waals surface area contributed by atoms with Crippen molar-refractivity contribution in [1.29, 1.82) is 0 Å². The monoisotopic (exact) mass is 258 g/mol. The van der Waals surface area contributed by atoms with E-state index in [0.29, 0.717) is 11.7 Å². The first kappa shape index (κ1) is 13.8. The lowest BCUT2D eigenvalue weighted by molar-refractivity contribution is -0.118. The predicted molar refractivity (Wildman–Crippen MR) is 77.8 cm³/mol. The number of amides is 1. The van der Waals surface area contributed by atoms with Gasteiger partial charge in [-0.1, -0.05) is 31.6 Å². The van der Waals surface area contributed by atoms with Crippen LogP contribution in [0, 0.1) is 24.2 Å². The number of carbonyl (C=O) groups excluding carboxylic acids is 1. The Labute approximate surface area is 115 Å². The molecule has 1 aromatic rings. The minimum absolute atomic E-state index is 0.0468. The standard InChI is InChI=1S/C16H22N2O/c1-10(2)8-12-14(16(12,4)5)15(19)18-13-7-6-11(3)9-17-13/h6-9,12,14H,1-5H3,(H,17,18,19). The number of pyridine rings is 1. The molecule has 2 rings (SSSR count). The SMILES string of the molecule is CC(C)=CC1C(C(=O)Nc2ccc(C)cn2)C1(C)C. The van der Waals surface area contributed by atoms with E-state index in [1.807, 2.05) is 19.1 Å². The van der Waals surface area contributed by atoms with Crippen LogP contribution < -0.4 is 5.32 Å². The molecule has 1 aliphatic rings. The number of nitrogens with zero attached hydrogens (tertiary/aromatic N) is 1. The van der Waals surface area contributed by atoms with Crippen molar-refractivity contribution in [2.45, 2.75) is 34.6 Å². The molecule has 1 aromatic heterocycles. The van der Waals surface area contributed by atoms with Gasteiger partial charge in [-0.3, -0.25) is 4.79 Å². The second-order valence-corrected chi connectivity index (χ2v) is 6.28. The van der Waals surface area contributed by atoms with Crippen LogP contribution in [0.5, 0.6) is 0 Å². The van der Waals surface area contributed by atoms with Gasteiger partial charge in [-0.2, -0.15) is 0 Å². The lowest BCUT2D eigenvalue weighted by Gasteiger charge is -2.05. The third-order valence-corrected chi connectivity index (χ3v) is 3.87. The highest BCUT2D eigenvalue weighted by atomic mass is 16.2. The van der Waals surface area contributed by atoms with E-state index in [2.05, 4.69) is 44.1 Å². The van der Waals surface area contributed by atoms with Gasteiger partial charge in [-0.25, -0.2) is 4.98 Å². The molecule has 0 spiro atoms. The molecule has 1 amide bonds. The van der Waals surface area contributed by atoms with Crippen molar-refractivity contribution in [1.82, 2.24) is 4.98 Å². The molecule has 2 atom stereocenters. The van der Waals surface area contributed by atoms with Crippen molar-refractivity contribution in [3.63, 3.8) is 0 Å². The summed E-state index contributed by atoms with van der Waals surface area (Å²) in [4.78, 5) is 16.5. The summed E-state index contributed by atoms with van der Waals surface area (Å²) in [6, 6.07) is 3.80. The summed E-state index contributed by atoms with van der Waals surface area (Å²) in [6.07, 6.45) is 3.97. The summed E-state index contributed by atoms with van der Waals surface area (Å²) >= 11 is 0. The zero-order valence-corrected chi connectivity index (χ0v) is 12.3. The van der Waals surface area contributed by atoms with Crippen LogP contribution in [0.15, 0.2) is 30.0 Å². The van der Waals surface area contributed by atoms with E-state index in [1.54, 1.807) is 6.20 Å². The van der Waals surface area contributed by atoms with Gasteiger partial charge in [0.15, 0.2) is 0 Å². The lowest BCUT2D eigenvalue weighted by Crippen LogP contribution is -2.17. The fraction of sp³-hybridized carbons (Fsp3) is 0.500. The van der Waals surface area contributed by atoms with Crippen molar-refractivity contribution in [3.05, 3.63) is 35.5 Å². The molecular weight excluding hydrogens is 236 g/mol. The minimum atomic E-state index is 0.0468. The molecule has 1 fully saturated rings. The average molecular weight is 258 g/mol. The number of anilines is 1. The van der Waals surface area contributed by atoms with Gasteiger partial charge in [0.05, 0.1) is 5.92 Å². The third-order valence-electron chi connectivity index (χ3n) is 3.87. The first-order chi connectivity index (χ1) is 8.82. The summed E-state index contributed by atoms with van der Waals surface area (Å²) in [5.41, 5.74) is 2.40. The Morgan fingerprint density at radius 2 is 2.05 bits per heavy atom. The summed E-state index contributed by atoms with van der Waals surface area (Å²) in [6.45, 7) is 10.4. The maximum Gasteiger partial charge on any atom is 0.229 e. The number of allylic oxidation sites excluding steroid dienone is 2. The average Bonchev–Trinajstić information content (AvgIpc) is 2.83. The van der Waals surface area contributed by atoms with Gasteiger partial charge in [0.25, 0.3) is 0 Å². The van der Waals surface area contributed by atoms with Crippen LogP contribution in [0.2, 0.25) is 0 Å². The van der Waals surface area contributed by atoms with E-state index in [-0.39, 0.29) is 17.2 Å². The molecule has 0 bridgehead atoms. The second kappa shape index (κ2) is 4.80. The fourth-order valence-corrected chi connectivity index (χ4v) is 2.59. The number of aryl methyl sites for hydroxylation is 1. The highest BCUT2D eigenvalue weighted by Crippen LogP contribution is 2.59. The first-order valence-electron chi connectivity index (χ1n) is 6.71. The number of hydrogen-bond acceptors (Lipinski definition) is 2. The zero-order chi connectivity index (χ0) is 14.2. The van der Waals surface area contributed by atoms with Gasteiger partial charge in [0, 0.05) is 6.20 Å². The highest BCUT2D eigenvalue weighted by Gasteiger charge is 2.60. The van der Waals surface area contributed by atoms with Crippen LogP contribution in [0.25, 0.3) is 0 Å². The van der Waals surface area contributed by atoms with E-state index in [4.69, 9.17) is 0 Å². The van der Waals surface area contributed by atoms with Crippen molar-refractivity contribution < 1.29 is 4.79 Å². The van der Waals surface area contributed by atoms with Crippen LogP contribution in [-0.2, 0) is 4.79 Å². The predicted octanol–water partition coefficient (Wildman–Crippen LogP) is 3.57. The Balaban J connectivity index is 2.05. The lowest BCUT2D eigenvalue weighted by atomic mass is 10.1. The largest absolute Gasteiger partial charge is 0.310 e. The zero-order valence-electron chi connectivity index (χ0n) is 12.3. The molecule has 2 unspecified atom stereocenters. The number of nitrogens with one attached hydrogen (secondary N) is 1. The molecule has 0 radical (unpaired) electrons. The second-order valence-electron chi connectivity index (χ2n) is 6.28. The summed E-state index contributed by atoms with van der Waals surface area (Å²) in [5.74, 6) is 1.09. The number of carbonyl (C=O) groups is 1. The van der Waals surface area contributed by atoms with Crippen LogP contribution in [0.3, 0.4) is 0 Å². The smallest absolute Gasteiger partial charge is 0.229 e. The van der Waals surface area contributed by atoms with Crippen LogP contribution in [0.1, 0.15) is 33.3 Å². The molecular formula is C16H22N2O. The van der Waals surface area contributed by atoms with Crippen molar-refractivity contribution in [3.8, 4) is 0 Å². The summed E-state index contributed by atoms with van der Waals surface area (Å²) in [5, 5.41) is 2.91. The number of aromatic nitrogens is 1. The molecule has 1 aliphatic carbocycles. The Morgan fingerprint density at radius 1 is 1.37 bits per heavy atom. The topological polar surface area (TPSA) is 42.0 Å². The first-order valence-corrected chi connectivity index (χ1v) is 6.71. The third kappa shape index (κ3) is 2.86. The Bertz CT molecular complexity index is 510. The number of rotatable bonds is 3. The maximum absolute atomic E-state index is 12.3. The molecule has 1 heterocycles. The van der Waals surface area contributed by atoms with Crippen molar-refractivity contribution in [2.75, 3.05) is 5.32 Å². The van der Waals surface area contributed by atoms with Gasteiger partial charge in [-0.05, 0) is 43.7 Å².